The number of carbonyl (C=O) groups is 1. The van der Waals surface area contributed by atoms with Crippen LogP contribution in [0, 0.1) is 0 Å². The van der Waals surface area contributed by atoms with Gasteiger partial charge >= 0.3 is 0 Å². The maximum absolute atomic E-state index is 11.6. The first-order chi connectivity index (χ1) is 8.04. The summed E-state index contributed by atoms with van der Waals surface area (Å²) in [6.07, 6.45) is 0. The third-order valence-corrected chi connectivity index (χ3v) is 3.85. The number of halogens is 2. The zero-order chi connectivity index (χ0) is 12.8. The molecule has 0 fully saturated rings. The molecule has 0 aliphatic rings. The lowest BCUT2D eigenvalue weighted by molar-refractivity contribution is -0.120. The number of benzene rings is 1. The van der Waals surface area contributed by atoms with Crippen LogP contribution in [0.4, 0.5) is 0 Å². The Hall–Kier alpha value is -0.420. The minimum absolute atomic E-state index is 0.0588. The summed E-state index contributed by atoms with van der Waals surface area (Å²) in [6.45, 7) is 2.72. The molecule has 1 amide bonds. The fraction of sp³-hybridized carbons (Fsp3) is 0.364. The average Bonchev–Trinajstić information content (AvgIpc) is 2.30. The van der Waals surface area contributed by atoms with Crippen molar-refractivity contribution >= 4 is 40.9 Å². The van der Waals surface area contributed by atoms with Crippen LogP contribution in [0.2, 0.25) is 10.0 Å². The summed E-state index contributed by atoms with van der Waals surface area (Å²) in [5, 5.41) is 3.69. The number of carbonyl (C=O) groups excluding carboxylic acids is 1. The summed E-state index contributed by atoms with van der Waals surface area (Å²) >= 11 is 13.3. The highest BCUT2D eigenvalue weighted by Gasteiger charge is 2.15. The van der Waals surface area contributed by atoms with Gasteiger partial charge in [-0.25, -0.2) is 0 Å². The molecule has 0 saturated carbocycles. The first-order valence-electron chi connectivity index (χ1n) is 5.14. The van der Waals surface area contributed by atoms with Crippen LogP contribution in [0.5, 0.6) is 0 Å². The van der Waals surface area contributed by atoms with Gasteiger partial charge in [0.1, 0.15) is 0 Å². The molecule has 0 aromatic heterocycles. The summed E-state index contributed by atoms with van der Waals surface area (Å²) in [5.41, 5.74) is 5.31. The number of rotatable bonds is 5. The molecule has 94 valence electrons. The molecule has 0 spiro atoms. The van der Waals surface area contributed by atoms with Gasteiger partial charge in [0.05, 0.1) is 10.3 Å². The lowest BCUT2D eigenvalue weighted by Crippen LogP contribution is -2.34. The van der Waals surface area contributed by atoms with Gasteiger partial charge in [-0.1, -0.05) is 23.2 Å². The van der Waals surface area contributed by atoms with Gasteiger partial charge in [-0.2, -0.15) is 0 Å². The standard InChI is InChI=1S/C11H14Cl2N2OS/c1-7(11(16)15-5-4-14)17-10-6-8(12)2-3-9(10)13/h2-3,6-7H,4-5,14H2,1H3,(H,15,16). The Morgan fingerprint density at radius 3 is 2.88 bits per heavy atom. The van der Waals surface area contributed by atoms with E-state index in [1.165, 1.54) is 11.8 Å². The van der Waals surface area contributed by atoms with Crippen LogP contribution in [0.1, 0.15) is 6.92 Å². The third-order valence-electron chi connectivity index (χ3n) is 2.01. The number of nitrogens with one attached hydrogen (secondary N) is 1. The quantitative estimate of drug-likeness (QED) is 0.820. The molecule has 6 heteroatoms. The minimum Gasteiger partial charge on any atom is -0.354 e. The highest BCUT2D eigenvalue weighted by atomic mass is 35.5. The van der Waals surface area contributed by atoms with Crippen molar-refractivity contribution in [2.75, 3.05) is 13.1 Å². The predicted molar refractivity (Wildman–Crippen MR) is 73.8 cm³/mol. The van der Waals surface area contributed by atoms with E-state index < -0.39 is 0 Å². The lowest BCUT2D eigenvalue weighted by Gasteiger charge is -2.12. The monoisotopic (exact) mass is 292 g/mol. The van der Waals surface area contributed by atoms with Crippen molar-refractivity contribution in [2.45, 2.75) is 17.1 Å². The molecule has 3 nitrogen and oxygen atoms in total. The normalized spacial score (nSPS) is 12.2. The molecule has 3 N–H and O–H groups in total. The second kappa shape index (κ2) is 7.11. The Balaban J connectivity index is 2.64. The number of thioether (sulfide) groups is 1. The largest absolute Gasteiger partial charge is 0.354 e. The van der Waals surface area contributed by atoms with Crippen molar-refractivity contribution in [1.82, 2.24) is 5.32 Å². The first kappa shape index (κ1) is 14.6. The Labute approximate surface area is 115 Å². The summed E-state index contributed by atoms with van der Waals surface area (Å²) in [7, 11) is 0. The van der Waals surface area contributed by atoms with E-state index in [1.807, 2.05) is 6.92 Å². The second-order valence-corrected chi connectivity index (χ2v) is 5.64. The van der Waals surface area contributed by atoms with E-state index in [-0.39, 0.29) is 11.2 Å². The molecule has 1 aromatic rings. The summed E-state index contributed by atoms with van der Waals surface area (Å²) in [4.78, 5) is 12.4. The fourth-order valence-electron chi connectivity index (χ4n) is 1.15. The van der Waals surface area contributed by atoms with Gasteiger partial charge in [0, 0.05) is 23.0 Å². The third kappa shape index (κ3) is 4.76. The van der Waals surface area contributed by atoms with E-state index in [4.69, 9.17) is 28.9 Å². The molecule has 1 unspecified atom stereocenters. The van der Waals surface area contributed by atoms with Gasteiger partial charge in [-0.15, -0.1) is 11.8 Å². The Morgan fingerprint density at radius 2 is 2.24 bits per heavy atom. The molecule has 0 saturated heterocycles. The van der Waals surface area contributed by atoms with E-state index >= 15 is 0 Å². The zero-order valence-corrected chi connectivity index (χ0v) is 11.7. The number of nitrogens with two attached hydrogens (primary N) is 1. The molecule has 0 aliphatic carbocycles. The van der Waals surface area contributed by atoms with E-state index in [1.54, 1.807) is 18.2 Å². The van der Waals surface area contributed by atoms with Crippen LogP contribution in [0.25, 0.3) is 0 Å². The van der Waals surface area contributed by atoms with E-state index in [0.29, 0.717) is 23.1 Å². The maximum Gasteiger partial charge on any atom is 0.233 e. The molecule has 0 radical (unpaired) electrons. The lowest BCUT2D eigenvalue weighted by atomic mass is 10.4. The van der Waals surface area contributed by atoms with Crippen LogP contribution < -0.4 is 11.1 Å². The number of hydrogen-bond donors (Lipinski definition) is 2. The number of amides is 1. The first-order valence-corrected chi connectivity index (χ1v) is 6.77. The van der Waals surface area contributed by atoms with Crippen molar-refractivity contribution in [2.24, 2.45) is 5.73 Å². The van der Waals surface area contributed by atoms with Crippen LogP contribution in [0.15, 0.2) is 23.1 Å². The molecule has 17 heavy (non-hydrogen) atoms. The summed E-state index contributed by atoms with van der Waals surface area (Å²) in [6, 6.07) is 5.19. The Morgan fingerprint density at radius 1 is 1.53 bits per heavy atom. The van der Waals surface area contributed by atoms with Crippen molar-refractivity contribution in [3.8, 4) is 0 Å². The van der Waals surface area contributed by atoms with E-state index in [9.17, 15) is 4.79 Å². The van der Waals surface area contributed by atoms with Gasteiger partial charge in [-0.05, 0) is 25.1 Å². The molecular formula is C11H14Cl2N2OS. The van der Waals surface area contributed by atoms with Gasteiger partial charge in [0.2, 0.25) is 5.91 Å². The molecule has 0 heterocycles. The molecule has 1 aromatic carbocycles. The highest BCUT2D eigenvalue weighted by Crippen LogP contribution is 2.32. The van der Waals surface area contributed by atoms with Gasteiger partial charge in [0.15, 0.2) is 0 Å². The van der Waals surface area contributed by atoms with Gasteiger partial charge in [0.25, 0.3) is 0 Å². The second-order valence-electron chi connectivity index (χ2n) is 3.41. The maximum atomic E-state index is 11.6. The molecule has 0 aliphatic heterocycles. The van der Waals surface area contributed by atoms with E-state index in [2.05, 4.69) is 5.32 Å². The summed E-state index contributed by atoms with van der Waals surface area (Å²) < 4.78 is 0. The molecule has 1 atom stereocenters. The van der Waals surface area contributed by atoms with Gasteiger partial charge < -0.3 is 11.1 Å². The van der Waals surface area contributed by atoms with Crippen LogP contribution in [-0.2, 0) is 4.79 Å². The van der Waals surface area contributed by atoms with Crippen molar-refractivity contribution in [3.05, 3.63) is 28.2 Å². The number of hydrogen-bond acceptors (Lipinski definition) is 3. The topological polar surface area (TPSA) is 55.1 Å². The molecule has 0 bridgehead atoms. The Bertz CT molecular complexity index is 401. The zero-order valence-electron chi connectivity index (χ0n) is 9.37. The smallest absolute Gasteiger partial charge is 0.233 e. The predicted octanol–water partition coefficient (Wildman–Crippen LogP) is 2.55. The molecular weight excluding hydrogens is 279 g/mol. The van der Waals surface area contributed by atoms with Crippen LogP contribution in [-0.4, -0.2) is 24.2 Å². The minimum atomic E-state index is -0.238. The van der Waals surface area contributed by atoms with Crippen molar-refractivity contribution in [1.29, 1.82) is 0 Å². The van der Waals surface area contributed by atoms with Crippen molar-refractivity contribution < 1.29 is 4.79 Å². The average molecular weight is 293 g/mol. The highest BCUT2D eigenvalue weighted by molar-refractivity contribution is 8.00. The van der Waals surface area contributed by atoms with Crippen molar-refractivity contribution in [3.63, 3.8) is 0 Å². The van der Waals surface area contributed by atoms with Crippen LogP contribution in [0.3, 0.4) is 0 Å². The van der Waals surface area contributed by atoms with E-state index in [0.717, 1.165) is 4.90 Å². The molecule has 1 rings (SSSR count). The summed E-state index contributed by atoms with van der Waals surface area (Å²) in [5.74, 6) is -0.0588. The SMILES string of the molecule is CC(Sc1cc(Cl)ccc1Cl)C(=O)NCCN. The van der Waals surface area contributed by atoms with Crippen LogP contribution >= 0.6 is 35.0 Å². The fourth-order valence-corrected chi connectivity index (χ4v) is 2.59. The Kier molecular flexibility index (Phi) is 6.12. The van der Waals surface area contributed by atoms with Gasteiger partial charge in [-0.3, -0.25) is 4.79 Å².